The molecule has 1 rings (SSSR count). The predicted octanol–water partition coefficient (Wildman–Crippen LogP) is 1.30. The number of hydrogen-bond donors (Lipinski definition) is 3. The van der Waals surface area contributed by atoms with E-state index in [1.54, 1.807) is 12.1 Å². The molecule has 0 fully saturated rings. The van der Waals surface area contributed by atoms with Gasteiger partial charge in [-0.3, -0.25) is 0 Å². The Bertz CT molecular complexity index is 308. The van der Waals surface area contributed by atoms with Crippen molar-refractivity contribution in [3.05, 3.63) is 35.4 Å². The molecule has 0 spiro atoms. The highest BCUT2D eigenvalue weighted by Gasteiger charge is 2.11. The standard InChI is InChI=1S/C10H13NO3/c1-7-2-4-8(5-3-7)9(6-12)11-10(13)14/h2-5,9,11-12H,6H2,1H3,(H,13,14). The number of carboxylic acid groups (broad SMARTS) is 1. The molecule has 1 aromatic carbocycles. The van der Waals surface area contributed by atoms with Crippen LogP contribution in [0.25, 0.3) is 0 Å². The molecule has 0 saturated heterocycles. The number of benzene rings is 1. The zero-order chi connectivity index (χ0) is 10.6. The highest BCUT2D eigenvalue weighted by Crippen LogP contribution is 2.12. The number of aliphatic hydroxyl groups excluding tert-OH is 1. The molecule has 0 radical (unpaired) electrons. The second-order valence-corrected chi connectivity index (χ2v) is 3.10. The molecule has 1 amide bonds. The summed E-state index contributed by atoms with van der Waals surface area (Å²) in [5.41, 5.74) is 1.86. The van der Waals surface area contributed by atoms with Crippen LogP contribution < -0.4 is 5.32 Å². The maximum Gasteiger partial charge on any atom is 0.405 e. The Kier molecular flexibility index (Phi) is 3.48. The normalized spacial score (nSPS) is 12.1. The van der Waals surface area contributed by atoms with Crippen molar-refractivity contribution in [2.24, 2.45) is 0 Å². The van der Waals surface area contributed by atoms with Crippen molar-refractivity contribution < 1.29 is 15.0 Å². The molecule has 0 aliphatic heterocycles. The number of aliphatic hydroxyl groups is 1. The zero-order valence-electron chi connectivity index (χ0n) is 7.90. The van der Waals surface area contributed by atoms with Crippen LogP contribution in [0.15, 0.2) is 24.3 Å². The van der Waals surface area contributed by atoms with Crippen molar-refractivity contribution in [1.82, 2.24) is 5.32 Å². The molecule has 0 heterocycles. The van der Waals surface area contributed by atoms with Crippen molar-refractivity contribution in [1.29, 1.82) is 0 Å². The fourth-order valence-electron chi connectivity index (χ4n) is 1.18. The quantitative estimate of drug-likeness (QED) is 0.680. The highest BCUT2D eigenvalue weighted by atomic mass is 16.4. The summed E-state index contributed by atoms with van der Waals surface area (Å²) < 4.78 is 0. The van der Waals surface area contributed by atoms with Gasteiger partial charge < -0.3 is 15.5 Å². The van der Waals surface area contributed by atoms with E-state index in [1.165, 1.54) is 0 Å². The lowest BCUT2D eigenvalue weighted by Crippen LogP contribution is -2.29. The van der Waals surface area contributed by atoms with Crippen molar-refractivity contribution in [2.75, 3.05) is 6.61 Å². The maximum atomic E-state index is 10.4. The van der Waals surface area contributed by atoms with Gasteiger partial charge in [-0.1, -0.05) is 29.8 Å². The molecule has 0 aromatic heterocycles. The van der Waals surface area contributed by atoms with E-state index in [0.29, 0.717) is 0 Å². The molecular formula is C10H13NO3. The average molecular weight is 195 g/mol. The van der Waals surface area contributed by atoms with Gasteiger partial charge in [-0.05, 0) is 12.5 Å². The van der Waals surface area contributed by atoms with Crippen molar-refractivity contribution in [3.8, 4) is 0 Å². The largest absolute Gasteiger partial charge is 0.465 e. The molecule has 4 nitrogen and oxygen atoms in total. The van der Waals surface area contributed by atoms with Gasteiger partial charge in [0.15, 0.2) is 0 Å². The summed E-state index contributed by atoms with van der Waals surface area (Å²) in [4.78, 5) is 10.4. The van der Waals surface area contributed by atoms with Crippen LogP contribution in [0.4, 0.5) is 4.79 Å². The molecule has 14 heavy (non-hydrogen) atoms. The minimum atomic E-state index is -1.13. The van der Waals surface area contributed by atoms with Crippen molar-refractivity contribution >= 4 is 6.09 Å². The second-order valence-electron chi connectivity index (χ2n) is 3.10. The Labute approximate surface area is 82.2 Å². The summed E-state index contributed by atoms with van der Waals surface area (Å²) in [6, 6.07) is 6.80. The van der Waals surface area contributed by atoms with Crippen LogP contribution in [-0.4, -0.2) is 22.9 Å². The first-order chi connectivity index (χ1) is 6.63. The summed E-state index contributed by atoms with van der Waals surface area (Å²) in [5.74, 6) is 0. The van der Waals surface area contributed by atoms with Gasteiger partial charge >= 0.3 is 6.09 Å². The Morgan fingerprint density at radius 2 is 2.00 bits per heavy atom. The van der Waals surface area contributed by atoms with E-state index in [4.69, 9.17) is 10.2 Å². The van der Waals surface area contributed by atoms with Gasteiger partial charge in [0, 0.05) is 0 Å². The van der Waals surface area contributed by atoms with Crippen LogP contribution in [0.2, 0.25) is 0 Å². The molecule has 4 heteroatoms. The number of aryl methyl sites for hydroxylation is 1. The van der Waals surface area contributed by atoms with E-state index in [1.807, 2.05) is 19.1 Å². The van der Waals surface area contributed by atoms with Gasteiger partial charge in [-0.2, -0.15) is 0 Å². The fourth-order valence-corrected chi connectivity index (χ4v) is 1.18. The van der Waals surface area contributed by atoms with E-state index in [2.05, 4.69) is 5.32 Å². The molecule has 0 bridgehead atoms. The fraction of sp³-hybridized carbons (Fsp3) is 0.300. The monoisotopic (exact) mass is 195 g/mol. The number of amides is 1. The van der Waals surface area contributed by atoms with Gasteiger partial charge in [0.05, 0.1) is 12.6 Å². The van der Waals surface area contributed by atoms with Gasteiger partial charge in [-0.25, -0.2) is 4.79 Å². The summed E-state index contributed by atoms with van der Waals surface area (Å²) in [7, 11) is 0. The number of hydrogen-bond acceptors (Lipinski definition) is 2. The summed E-state index contributed by atoms with van der Waals surface area (Å²) in [5, 5.41) is 19.7. The van der Waals surface area contributed by atoms with Gasteiger partial charge in [0.25, 0.3) is 0 Å². The van der Waals surface area contributed by atoms with E-state index < -0.39 is 12.1 Å². The highest BCUT2D eigenvalue weighted by molar-refractivity contribution is 5.65. The lowest BCUT2D eigenvalue weighted by molar-refractivity contribution is 0.177. The number of rotatable bonds is 3. The molecule has 0 aliphatic rings. The predicted molar refractivity (Wildman–Crippen MR) is 52.2 cm³/mol. The topological polar surface area (TPSA) is 69.6 Å². The van der Waals surface area contributed by atoms with Crippen molar-refractivity contribution in [2.45, 2.75) is 13.0 Å². The van der Waals surface area contributed by atoms with Crippen molar-refractivity contribution in [3.63, 3.8) is 0 Å². The van der Waals surface area contributed by atoms with Gasteiger partial charge in [0.2, 0.25) is 0 Å². The first-order valence-electron chi connectivity index (χ1n) is 4.30. The van der Waals surface area contributed by atoms with E-state index >= 15 is 0 Å². The third kappa shape index (κ3) is 2.74. The van der Waals surface area contributed by atoms with Crippen LogP contribution in [0.5, 0.6) is 0 Å². The Morgan fingerprint density at radius 1 is 1.43 bits per heavy atom. The summed E-state index contributed by atoms with van der Waals surface area (Å²) in [6.07, 6.45) is -1.13. The van der Waals surface area contributed by atoms with Crippen LogP contribution in [0.3, 0.4) is 0 Å². The molecule has 76 valence electrons. The summed E-state index contributed by atoms with van der Waals surface area (Å²) in [6.45, 7) is 1.71. The molecule has 1 unspecified atom stereocenters. The first-order valence-corrected chi connectivity index (χ1v) is 4.30. The third-order valence-electron chi connectivity index (χ3n) is 1.96. The third-order valence-corrected chi connectivity index (χ3v) is 1.96. The van der Waals surface area contributed by atoms with E-state index in [0.717, 1.165) is 11.1 Å². The molecular weight excluding hydrogens is 182 g/mol. The van der Waals surface area contributed by atoms with E-state index in [9.17, 15) is 4.79 Å². The minimum absolute atomic E-state index is 0.241. The Morgan fingerprint density at radius 3 is 2.43 bits per heavy atom. The zero-order valence-corrected chi connectivity index (χ0v) is 7.90. The number of carbonyl (C=O) groups is 1. The Balaban J connectivity index is 2.78. The van der Waals surface area contributed by atoms with Crippen LogP contribution in [0, 0.1) is 6.92 Å². The summed E-state index contributed by atoms with van der Waals surface area (Å²) >= 11 is 0. The smallest absolute Gasteiger partial charge is 0.405 e. The second kappa shape index (κ2) is 4.62. The van der Waals surface area contributed by atoms with Gasteiger partial charge in [0.1, 0.15) is 0 Å². The first kappa shape index (κ1) is 10.5. The number of nitrogens with one attached hydrogen (secondary N) is 1. The molecule has 0 saturated carbocycles. The lowest BCUT2D eigenvalue weighted by atomic mass is 10.1. The molecule has 1 atom stereocenters. The molecule has 3 N–H and O–H groups in total. The molecule has 1 aromatic rings. The lowest BCUT2D eigenvalue weighted by Gasteiger charge is -2.14. The van der Waals surface area contributed by atoms with Crippen LogP contribution in [-0.2, 0) is 0 Å². The minimum Gasteiger partial charge on any atom is -0.465 e. The van der Waals surface area contributed by atoms with Crippen LogP contribution in [0.1, 0.15) is 17.2 Å². The Hall–Kier alpha value is -1.55. The van der Waals surface area contributed by atoms with E-state index in [-0.39, 0.29) is 6.61 Å². The molecule has 0 aliphatic carbocycles. The van der Waals surface area contributed by atoms with Gasteiger partial charge in [-0.15, -0.1) is 0 Å². The average Bonchev–Trinajstić information content (AvgIpc) is 2.15. The van der Waals surface area contributed by atoms with Crippen LogP contribution >= 0.6 is 0 Å². The SMILES string of the molecule is Cc1ccc(C(CO)NC(=O)O)cc1. The maximum absolute atomic E-state index is 10.4.